The van der Waals surface area contributed by atoms with Gasteiger partial charge < -0.3 is 19.7 Å². The van der Waals surface area contributed by atoms with E-state index in [0.717, 1.165) is 23.3 Å². The molecular formula is C24H27F3N4O2S. The Morgan fingerprint density at radius 2 is 1.88 bits per heavy atom. The number of alkyl halides is 3. The fourth-order valence-electron chi connectivity index (χ4n) is 3.92. The molecule has 2 aromatic heterocycles. The summed E-state index contributed by atoms with van der Waals surface area (Å²) < 4.78 is 53.0. The van der Waals surface area contributed by atoms with Crippen LogP contribution in [0.2, 0.25) is 0 Å². The van der Waals surface area contributed by atoms with E-state index in [1.807, 2.05) is 24.3 Å². The summed E-state index contributed by atoms with van der Waals surface area (Å²) in [7, 11) is 1.51. The number of rotatable bonds is 6. The van der Waals surface area contributed by atoms with Gasteiger partial charge in [0.15, 0.2) is 10.8 Å². The van der Waals surface area contributed by atoms with Crippen LogP contribution in [0.1, 0.15) is 44.9 Å². The highest BCUT2D eigenvalue weighted by Crippen LogP contribution is 2.45. The Hall–Kier alpha value is -2.85. The monoisotopic (exact) mass is 492 g/mol. The number of aromatic nitrogens is 2. The van der Waals surface area contributed by atoms with E-state index >= 15 is 0 Å². The number of thiazole rings is 1. The molecule has 1 N–H and O–H groups in total. The maximum absolute atomic E-state index is 13.8. The van der Waals surface area contributed by atoms with Gasteiger partial charge in [-0.25, -0.2) is 9.97 Å². The predicted octanol–water partition coefficient (Wildman–Crippen LogP) is 6.96. The minimum atomic E-state index is -4.59. The van der Waals surface area contributed by atoms with Crippen LogP contribution in [0.3, 0.4) is 0 Å². The summed E-state index contributed by atoms with van der Waals surface area (Å²) in [5, 5.41) is 3.14. The van der Waals surface area contributed by atoms with Crippen molar-refractivity contribution in [3.05, 3.63) is 53.9 Å². The summed E-state index contributed by atoms with van der Waals surface area (Å²) in [6, 6.07) is 11.0. The number of anilines is 3. The molecule has 6 nitrogen and oxygen atoms in total. The van der Waals surface area contributed by atoms with Gasteiger partial charge in [0.25, 0.3) is 0 Å². The molecule has 10 heteroatoms. The minimum absolute atomic E-state index is 0.0452. The second kappa shape index (κ2) is 9.42. The lowest BCUT2D eigenvalue weighted by Crippen LogP contribution is -2.31. The molecule has 182 valence electrons. The molecule has 0 bridgehead atoms. The van der Waals surface area contributed by atoms with Gasteiger partial charge in [0.1, 0.15) is 22.7 Å². The maximum Gasteiger partial charge on any atom is 0.436 e. The van der Waals surface area contributed by atoms with E-state index in [4.69, 9.17) is 9.47 Å². The number of pyridine rings is 1. The Balaban J connectivity index is 1.67. The van der Waals surface area contributed by atoms with Crippen molar-refractivity contribution in [1.82, 2.24) is 9.97 Å². The van der Waals surface area contributed by atoms with Crippen molar-refractivity contribution in [2.24, 2.45) is 0 Å². The fraction of sp³-hybridized carbons (Fsp3) is 0.417. The van der Waals surface area contributed by atoms with Crippen LogP contribution in [0, 0.1) is 0 Å². The lowest BCUT2D eigenvalue weighted by molar-refractivity contribution is -0.140. The van der Waals surface area contributed by atoms with Crippen LogP contribution < -0.4 is 15.0 Å². The SMILES string of the molecule is CO[C@H]1CCCN1c1sc(Nc2cccnc2Oc2ccccc2C(C)(C)C)nc1C(F)(F)F. The second-order valence-electron chi connectivity index (χ2n) is 9.03. The second-order valence-corrected chi connectivity index (χ2v) is 10.0. The Morgan fingerprint density at radius 3 is 2.59 bits per heavy atom. The molecule has 1 atom stereocenters. The first kappa shape index (κ1) is 24.3. The number of halogens is 3. The molecule has 1 saturated heterocycles. The van der Waals surface area contributed by atoms with Crippen LogP contribution in [0.4, 0.5) is 29.0 Å². The third-order valence-corrected chi connectivity index (χ3v) is 6.53. The quantitative estimate of drug-likeness (QED) is 0.401. The van der Waals surface area contributed by atoms with Crippen molar-refractivity contribution in [3.63, 3.8) is 0 Å². The summed E-state index contributed by atoms with van der Waals surface area (Å²) in [5.41, 5.74) is 0.318. The highest BCUT2D eigenvalue weighted by molar-refractivity contribution is 7.19. The third-order valence-electron chi connectivity index (χ3n) is 5.52. The largest absolute Gasteiger partial charge is 0.437 e. The van der Waals surface area contributed by atoms with Crippen LogP contribution in [-0.4, -0.2) is 29.9 Å². The van der Waals surface area contributed by atoms with Gasteiger partial charge in [-0.2, -0.15) is 13.2 Å². The standard InChI is InChI=1S/C24H27F3N4O2S/c1-23(2,3)15-9-5-6-11-17(15)33-20-16(10-7-13-28-20)29-22-30-19(24(25,26)27)21(34-22)31-14-8-12-18(31)32-4/h5-7,9-11,13,18H,8,12,14H2,1-4H3,(H,29,30)/t18-/m0/s1. The zero-order valence-electron chi connectivity index (χ0n) is 19.4. The summed E-state index contributed by atoms with van der Waals surface area (Å²) in [5.74, 6) is 0.882. The van der Waals surface area contributed by atoms with Gasteiger partial charge in [-0.05, 0) is 36.5 Å². The summed E-state index contributed by atoms with van der Waals surface area (Å²) in [6.07, 6.45) is -2.00. The summed E-state index contributed by atoms with van der Waals surface area (Å²) in [4.78, 5) is 9.84. The van der Waals surface area contributed by atoms with E-state index in [0.29, 0.717) is 24.4 Å². The lowest BCUT2D eigenvalue weighted by Gasteiger charge is -2.24. The number of benzene rings is 1. The average molecular weight is 493 g/mol. The van der Waals surface area contributed by atoms with E-state index in [9.17, 15) is 13.2 Å². The Morgan fingerprint density at radius 1 is 1.12 bits per heavy atom. The van der Waals surface area contributed by atoms with Crippen molar-refractivity contribution in [2.45, 2.75) is 51.4 Å². The van der Waals surface area contributed by atoms with Crippen molar-refractivity contribution >= 4 is 27.2 Å². The zero-order chi connectivity index (χ0) is 24.5. The van der Waals surface area contributed by atoms with E-state index in [-0.39, 0.29) is 21.4 Å². The number of hydrogen-bond acceptors (Lipinski definition) is 7. The average Bonchev–Trinajstić information content (AvgIpc) is 3.41. The molecule has 1 aromatic carbocycles. The molecule has 3 heterocycles. The van der Waals surface area contributed by atoms with Crippen LogP contribution in [0.15, 0.2) is 42.6 Å². The van der Waals surface area contributed by atoms with E-state index in [1.54, 1.807) is 23.2 Å². The fourth-order valence-corrected chi connectivity index (χ4v) is 4.99. The first-order valence-corrected chi connectivity index (χ1v) is 11.8. The molecule has 3 aromatic rings. The van der Waals surface area contributed by atoms with Gasteiger partial charge >= 0.3 is 6.18 Å². The molecule has 0 saturated carbocycles. The van der Waals surface area contributed by atoms with Crippen LogP contribution in [0.5, 0.6) is 11.6 Å². The lowest BCUT2D eigenvalue weighted by atomic mass is 9.86. The summed E-state index contributed by atoms with van der Waals surface area (Å²) >= 11 is 0.940. The highest BCUT2D eigenvalue weighted by Gasteiger charge is 2.41. The topological polar surface area (TPSA) is 59.5 Å². The Kier molecular flexibility index (Phi) is 6.73. The molecular weight excluding hydrogens is 465 g/mol. The Bertz CT molecular complexity index is 1140. The van der Waals surface area contributed by atoms with Gasteiger partial charge in [0.05, 0.1) is 0 Å². The Labute approximate surface area is 200 Å². The van der Waals surface area contributed by atoms with Gasteiger partial charge in [0.2, 0.25) is 5.88 Å². The number of nitrogens with one attached hydrogen (secondary N) is 1. The van der Waals surface area contributed by atoms with Gasteiger partial charge in [-0.1, -0.05) is 50.3 Å². The third kappa shape index (κ3) is 5.12. The molecule has 4 rings (SSSR count). The first-order valence-electron chi connectivity index (χ1n) is 10.9. The van der Waals surface area contributed by atoms with Crippen LogP contribution >= 0.6 is 11.3 Å². The van der Waals surface area contributed by atoms with Crippen molar-refractivity contribution in [3.8, 4) is 11.6 Å². The molecule has 1 aliphatic heterocycles. The van der Waals surface area contributed by atoms with E-state index in [2.05, 4.69) is 36.1 Å². The summed E-state index contributed by atoms with van der Waals surface area (Å²) in [6.45, 7) is 6.71. The smallest absolute Gasteiger partial charge is 0.436 e. The molecule has 0 unspecified atom stereocenters. The maximum atomic E-state index is 13.8. The number of methoxy groups -OCH3 is 1. The number of nitrogens with zero attached hydrogens (tertiary/aromatic N) is 3. The van der Waals surface area contributed by atoms with Crippen molar-refractivity contribution < 1.29 is 22.6 Å². The van der Waals surface area contributed by atoms with Gasteiger partial charge in [-0.3, -0.25) is 0 Å². The number of ether oxygens (including phenoxy) is 2. The van der Waals surface area contributed by atoms with Gasteiger partial charge in [-0.15, -0.1) is 0 Å². The normalized spacial score (nSPS) is 16.7. The molecule has 0 aliphatic carbocycles. The first-order chi connectivity index (χ1) is 16.1. The molecule has 1 aliphatic rings. The molecule has 1 fully saturated rings. The van der Waals surface area contributed by atoms with Crippen molar-refractivity contribution in [1.29, 1.82) is 0 Å². The minimum Gasteiger partial charge on any atom is -0.437 e. The highest BCUT2D eigenvalue weighted by atomic mass is 32.1. The van der Waals surface area contributed by atoms with E-state index < -0.39 is 18.1 Å². The number of hydrogen-bond donors (Lipinski definition) is 1. The van der Waals surface area contributed by atoms with Crippen LogP contribution in [0.25, 0.3) is 0 Å². The van der Waals surface area contributed by atoms with Crippen molar-refractivity contribution in [2.75, 3.05) is 23.9 Å². The zero-order valence-corrected chi connectivity index (χ0v) is 20.3. The molecule has 0 spiro atoms. The predicted molar refractivity (Wildman–Crippen MR) is 127 cm³/mol. The molecule has 0 amide bonds. The molecule has 0 radical (unpaired) electrons. The van der Waals surface area contributed by atoms with Crippen LogP contribution in [-0.2, 0) is 16.3 Å². The van der Waals surface area contributed by atoms with Gasteiger partial charge in [0, 0.05) is 25.4 Å². The number of para-hydroxylation sites is 1. The molecule has 34 heavy (non-hydrogen) atoms. The van der Waals surface area contributed by atoms with E-state index in [1.165, 1.54) is 7.11 Å².